The largest absolute Gasteiger partial charge is 0.497 e. The third kappa shape index (κ3) is 7.77. The number of rotatable bonds is 9. The van der Waals surface area contributed by atoms with E-state index in [9.17, 15) is 22.7 Å². The minimum Gasteiger partial charge on any atom is -0.497 e. The molecule has 5 aromatic rings. The number of hydrogen-bond donors (Lipinski definition) is 1. The van der Waals surface area contributed by atoms with Crippen LogP contribution in [0.2, 0.25) is 0 Å². The summed E-state index contributed by atoms with van der Waals surface area (Å²) in [5.74, 6) is -2.40. The molecule has 3 aromatic carbocycles. The number of nitrogens with zero attached hydrogens (tertiary/aromatic N) is 4. The van der Waals surface area contributed by atoms with Crippen molar-refractivity contribution in [2.45, 2.75) is 57.5 Å². The monoisotopic (exact) mass is 726 g/mol. The van der Waals surface area contributed by atoms with Crippen molar-refractivity contribution in [1.29, 1.82) is 0 Å². The second-order valence-electron chi connectivity index (χ2n) is 13.1. The Morgan fingerprint density at radius 3 is 2.06 bits per heavy atom. The molecule has 0 saturated carbocycles. The first-order chi connectivity index (χ1) is 24.7. The number of ether oxygens (including phenoxy) is 3. The fourth-order valence-electron chi connectivity index (χ4n) is 6.64. The standard InChI is InChI=1S/C38H36F6N4O4/c1-21-15-29(48(18-22-5-9-25(50-3)10-6-22)19-23-7-11-26(51-4)12-8-23)45-35(31(21)38(42,43)44)30-28(39)16-27-33(46-36(41)47-34(27)32(30)40)24-13-14-52-20-37(2,49)17-24/h5-12,15-16,24,49H,13-14,17-20H2,1-4H3. The van der Waals surface area contributed by atoms with Crippen molar-refractivity contribution in [1.82, 2.24) is 15.0 Å². The quantitative estimate of drug-likeness (QED) is 0.120. The Morgan fingerprint density at radius 1 is 0.904 bits per heavy atom. The number of alkyl halides is 3. The lowest BCUT2D eigenvalue weighted by molar-refractivity contribution is -0.137. The smallest absolute Gasteiger partial charge is 0.418 e. The first-order valence-electron chi connectivity index (χ1n) is 16.4. The highest BCUT2D eigenvalue weighted by atomic mass is 19.4. The van der Waals surface area contributed by atoms with Crippen LogP contribution in [0.15, 0.2) is 60.7 Å². The fourth-order valence-corrected chi connectivity index (χ4v) is 6.64. The van der Waals surface area contributed by atoms with Crippen LogP contribution in [-0.4, -0.2) is 53.1 Å². The molecule has 8 nitrogen and oxygen atoms in total. The zero-order chi connectivity index (χ0) is 37.4. The number of aliphatic hydroxyl groups is 1. The number of anilines is 1. The van der Waals surface area contributed by atoms with Crippen LogP contribution in [0.3, 0.4) is 0 Å². The van der Waals surface area contributed by atoms with Gasteiger partial charge in [-0.25, -0.2) is 18.7 Å². The second kappa shape index (κ2) is 14.6. The van der Waals surface area contributed by atoms with Gasteiger partial charge >= 0.3 is 12.3 Å². The molecule has 0 spiro atoms. The SMILES string of the molecule is COc1ccc(CN(Cc2ccc(OC)cc2)c2cc(C)c(C(F)(F)F)c(-c3c(F)cc4c(C5CCOCC(C)(O)C5)nc(F)nc4c3F)n2)cc1. The van der Waals surface area contributed by atoms with E-state index < -0.39 is 57.7 Å². The Bertz CT molecular complexity index is 2030. The van der Waals surface area contributed by atoms with Crippen molar-refractivity contribution in [2.24, 2.45) is 0 Å². The Morgan fingerprint density at radius 2 is 1.50 bits per heavy atom. The van der Waals surface area contributed by atoms with Gasteiger partial charge in [0.2, 0.25) is 0 Å². The Hall–Kier alpha value is -4.95. The van der Waals surface area contributed by atoms with Crippen LogP contribution in [0.1, 0.15) is 53.6 Å². The Kier molecular flexibility index (Phi) is 10.3. The lowest BCUT2D eigenvalue weighted by Crippen LogP contribution is -2.30. The molecule has 52 heavy (non-hydrogen) atoms. The number of methoxy groups -OCH3 is 2. The van der Waals surface area contributed by atoms with Gasteiger partial charge in [-0.2, -0.15) is 22.5 Å². The predicted octanol–water partition coefficient (Wildman–Crippen LogP) is 8.31. The molecule has 2 unspecified atom stereocenters. The van der Waals surface area contributed by atoms with Crippen molar-refractivity contribution in [3.63, 3.8) is 0 Å². The number of fused-ring (bicyclic) bond motifs is 1. The minimum absolute atomic E-state index is 0.00118. The molecule has 3 heterocycles. The van der Waals surface area contributed by atoms with E-state index in [0.29, 0.717) is 11.5 Å². The number of halogens is 6. The van der Waals surface area contributed by atoms with Gasteiger partial charge in [-0.15, -0.1) is 0 Å². The van der Waals surface area contributed by atoms with E-state index in [4.69, 9.17) is 14.2 Å². The maximum Gasteiger partial charge on any atom is 0.418 e. The molecule has 1 aliphatic rings. The fraction of sp³-hybridized carbons (Fsp3) is 0.342. The molecule has 1 saturated heterocycles. The van der Waals surface area contributed by atoms with Crippen LogP contribution in [-0.2, 0) is 24.0 Å². The van der Waals surface area contributed by atoms with Gasteiger partial charge in [0.1, 0.15) is 28.7 Å². The molecule has 0 aliphatic carbocycles. The lowest BCUT2D eigenvalue weighted by Gasteiger charge is -2.27. The average Bonchev–Trinajstić information content (AvgIpc) is 3.28. The van der Waals surface area contributed by atoms with Crippen LogP contribution in [0.5, 0.6) is 11.5 Å². The van der Waals surface area contributed by atoms with Gasteiger partial charge < -0.3 is 24.2 Å². The average molecular weight is 727 g/mol. The van der Waals surface area contributed by atoms with Crippen LogP contribution in [0.4, 0.5) is 32.2 Å². The molecule has 0 bridgehead atoms. The van der Waals surface area contributed by atoms with Crippen LogP contribution in [0, 0.1) is 24.6 Å². The highest BCUT2D eigenvalue weighted by Crippen LogP contribution is 2.44. The second-order valence-corrected chi connectivity index (χ2v) is 13.1. The summed E-state index contributed by atoms with van der Waals surface area (Å²) in [6.45, 7) is 3.13. The van der Waals surface area contributed by atoms with Crippen molar-refractivity contribution < 1.29 is 45.7 Å². The van der Waals surface area contributed by atoms with Crippen molar-refractivity contribution >= 4 is 16.7 Å². The van der Waals surface area contributed by atoms with E-state index in [2.05, 4.69) is 15.0 Å². The van der Waals surface area contributed by atoms with Gasteiger partial charge in [-0.3, -0.25) is 0 Å². The summed E-state index contributed by atoms with van der Waals surface area (Å²) < 4.78 is 108. The molecule has 2 atom stereocenters. The van der Waals surface area contributed by atoms with E-state index in [1.54, 1.807) is 53.4 Å². The van der Waals surface area contributed by atoms with Crippen LogP contribution < -0.4 is 14.4 Å². The van der Waals surface area contributed by atoms with Crippen molar-refractivity contribution in [3.8, 4) is 22.8 Å². The number of aryl methyl sites for hydroxylation is 1. The Labute approximate surface area is 296 Å². The van der Waals surface area contributed by atoms with Gasteiger partial charge in [0.05, 0.1) is 48.9 Å². The number of benzene rings is 3. The summed E-state index contributed by atoms with van der Waals surface area (Å²) in [7, 11) is 3.04. The molecule has 14 heteroatoms. The molecule has 0 amide bonds. The van der Waals surface area contributed by atoms with E-state index >= 15 is 8.78 Å². The number of aromatic nitrogens is 3. The summed E-state index contributed by atoms with van der Waals surface area (Å²) in [6.07, 6.45) is -6.17. The predicted molar refractivity (Wildman–Crippen MR) is 182 cm³/mol. The van der Waals surface area contributed by atoms with E-state index in [-0.39, 0.29) is 61.6 Å². The van der Waals surface area contributed by atoms with E-state index in [0.717, 1.165) is 17.2 Å². The van der Waals surface area contributed by atoms with Gasteiger partial charge in [0.25, 0.3) is 0 Å². The lowest BCUT2D eigenvalue weighted by atomic mass is 9.87. The molecule has 1 fully saturated rings. The van der Waals surface area contributed by atoms with Gasteiger partial charge in [-0.05, 0) is 79.8 Å². The van der Waals surface area contributed by atoms with Crippen molar-refractivity contribution in [2.75, 3.05) is 32.3 Å². The maximum atomic E-state index is 16.6. The van der Waals surface area contributed by atoms with Crippen molar-refractivity contribution in [3.05, 3.63) is 106 Å². The van der Waals surface area contributed by atoms with Crippen LogP contribution >= 0.6 is 0 Å². The first kappa shape index (κ1) is 36.8. The third-order valence-corrected chi connectivity index (χ3v) is 9.09. The first-order valence-corrected chi connectivity index (χ1v) is 16.4. The zero-order valence-corrected chi connectivity index (χ0v) is 28.8. The van der Waals surface area contributed by atoms with E-state index in [1.807, 2.05) is 0 Å². The molecular formula is C38H36F6N4O4. The molecule has 0 radical (unpaired) electrons. The number of hydrogen-bond acceptors (Lipinski definition) is 8. The summed E-state index contributed by atoms with van der Waals surface area (Å²) >= 11 is 0. The molecule has 6 rings (SSSR count). The normalized spacial score (nSPS) is 17.9. The van der Waals surface area contributed by atoms with Crippen LogP contribution in [0.25, 0.3) is 22.2 Å². The van der Waals surface area contributed by atoms with Gasteiger partial charge in [0.15, 0.2) is 5.82 Å². The molecular weight excluding hydrogens is 690 g/mol. The summed E-state index contributed by atoms with van der Waals surface area (Å²) in [4.78, 5) is 13.4. The summed E-state index contributed by atoms with van der Waals surface area (Å²) in [5, 5.41) is 10.5. The van der Waals surface area contributed by atoms with Gasteiger partial charge in [-0.1, -0.05) is 24.3 Å². The topological polar surface area (TPSA) is 89.8 Å². The number of pyridine rings is 1. The highest BCUT2D eigenvalue weighted by Gasteiger charge is 2.40. The molecule has 2 aromatic heterocycles. The highest BCUT2D eigenvalue weighted by molar-refractivity contribution is 5.88. The third-order valence-electron chi connectivity index (χ3n) is 9.09. The Balaban J connectivity index is 1.53. The minimum atomic E-state index is -5.08. The summed E-state index contributed by atoms with van der Waals surface area (Å²) in [6, 6.07) is 16.1. The molecule has 1 N–H and O–H groups in total. The van der Waals surface area contributed by atoms with Gasteiger partial charge in [0, 0.05) is 31.0 Å². The summed E-state index contributed by atoms with van der Waals surface area (Å²) in [5.41, 5.74) is -4.46. The molecule has 1 aliphatic heterocycles. The van der Waals surface area contributed by atoms with E-state index in [1.165, 1.54) is 34.1 Å². The molecule has 274 valence electrons. The zero-order valence-electron chi connectivity index (χ0n) is 28.8. The maximum absolute atomic E-state index is 16.6.